The van der Waals surface area contributed by atoms with Gasteiger partial charge < -0.3 is 23.5 Å². The molecule has 0 bridgehead atoms. The molecule has 0 spiro atoms. The summed E-state index contributed by atoms with van der Waals surface area (Å²) in [5, 5.41) is 7.26. The van der Waals surface area contributed by atoms with E-state index in [2.05, 4.69) is 483 Å². The van der Waals surface area contributed by atoms with Crippen LogP contribution in [0.2, 0.25) is 0 Å². The molecule has 0 amide bonds. The third-order valence-corrected chi connectivity index (χ3v) is 26.6. The Labute approximate surface area is 728 Å². The number of benzene rings is 17. The van der Waals surface area contributed by atoms with Crippen molar-refractivity contribution < 1.29 is 0 Å². The van der Waals surface area contributed by atoms with Crippen molar-refractivity contribution in [3.8, 4) is 83.8 Å². The molecule has 0 radical (unpaired) electrons. The monoisotopic (exact) mass is 1600 g/mol. The Balaban J connectivity index is 0.878. The Kier molecular flexibility index (Phi) is 17.6. The van der Waals surface area contributed by atoms with E-state index in [0.717, 1.165) is 123 Å². The van der Waals surface area contributed by atoms with Gasteiger partial charge in [-0.15, -0.1) is 0 Å². The highest BCUT2D eigenvalue weighted by atomic mass is 15.2. The van der Waals surface area contributed by atoms with Crippen molar-refractivity contribution in [2.75, 3.05) is 9.80 Å². The van der Waals surface area contributed by atoms with Gasteiger partial charge in [0.15, 0.2) is 0 Å². The Morgan fingerprint density at radius 1 is 0.194 bits per heavy atom. The second kappa shape index (κ2) is 28.7. The van der Waals surface area contributed by atoms with Gasteiger partial charge in [0.1, 0.15) is 0 Å². The Bertz CT molecular complexity index is 7470. The van der Waals surface area contributed by atoms with Crippen LogP contribution in [0.25, 0.3) is 149 Å². The van der Waals surface area contributed by atoms with Crippen LogP contribution in [0.3, 0.4) is 0 Å². The maximum atomic E-state index is 2.72. The number of para-hydroxylation sites is 6. The minimum Gasteiger partial charge on any atom is -0.310 e. The highest BCUT2D eigenvalue weighted by Crippen LogP contribution is 2.55. The average Bonchev–Trinajstić information content (AvgIpc) is 0.826. The third kappa shape index (κ3) is 12.5. The lowest BCUT2D eigenvalue weighted by Gasteiger charge is -2.46. The topological polar surface area (TPSA) is 21.3 Å². The fraction of sp³-hybridized carbons (Fsp3) is 0.136. The molecule has 0 unspecified atom stereocenters. The highest BCUT2D eigenvalue weighted by molar-refractivity contribution is 7.00. The summed E-state index contributed by atoms with van der Waals surface area (Å²) in [4.78, 5) is 5.42. The zero-order chi connectivity index (χ0) is 84.4. The Hall–Kier alpha value is -14.2. The molecule has 5 nitrogen and oxygen atoms in total. The summed E-state index contributed by atoms with van der Waals surface area (Å²) in [5.41, 5.74) is 39.2. The van der Waals surface area contributed by atoms with Gasteiger partial charge in [-0.3, -0.25) is 0 Å². The van der Waals surface area contributed by atoms with Crippen molar-refractivity contribution in [2.24, 2.45) is 0 Å². The SMILES string of the molecule is CC(C)(C)c1cc(-n2c3ccccc3c3cc(-c4ccc5c(c4)B4c6ccc(-n7c8ccccc8c8ccccc87)cc6N(c6c(-c7ccccc7)cccc6-c6ccccc6)c6cc(-c7ccc8c(c7)c7ccccc7n8-c7cc(C(C)(C)C)cc(C(C)(C)C)c7)cc(c64)N5c4c(-c5ccccc5)cccc4-c4ccccc4)ccc32)cc(C(C)(C)C)c1. The molecule has 17 aromatic carbocycles. The molecule has 6 heteroatoms. The molecule has 598 valence electrons. The van der Waals surface area contributed by atoms with Gasteiger partial charge in [0.05, 0.1) is 44.5 Å². The number of aromatic nitrogens is 3. The summed E-state index contributed by atoms with van der Waals surface area (Å²) in [7, 11) is 0. The zero-order valence-corrected chi connectivity index (χ0v) is 72.6. The first-order valence-electron chi connectivity index (χ1n) is 44.0. The normalized spacial score (nSPS) is 13.0. The number of rotatable bonds is 11. The van der Waals surface area contributed by atoms with Gasteiger partial charge in [0, 0.05) is 94.4 Å². The molecular formula is C118H98BN5. The van der Waals surface area contributed by atoms with Crippen LogP contribution in [0, 0.1) is 0 Å². The predicted molar refractivity (Wildman–Crippen MR) is 531 cm³/mol. The third-order valence-electron chi connectivity index (χ3n) is 26.6. The Morgan fingerprint density at radius 2 is 0.508 bits per heavy atom. The van der Waals surface area contributed by atoms with E-state index in [9.17, 15) is 0 Å². The van der Waals surface area contributed by atoms with E-state index >= 15 is 0 Å². The van der Waals surface area contributed by atoms with E-state index in [0.29, 0.717) is 0 Å². The van der Waals surface area contributed by atoms with Crippen LogP contribution in [0.5, 0.6) is 0 Å². The molecular weight excluding hydrogens is 1500 g/mol. The summed E-state index contributed by atoms with van der Waals surface area (Å²) in [6, 6.07) is 144. The lowest BCUT2D eigenvalue weighted by Crippen LogP contribution is -2.61. The van der Waals surface area contributed by atoms with Crippen molar-refractivity contribution in [2.45, 2.75) is 105 Å². The minimum atomic E-state index is -0.322. The smallest absolute Gasteiger partial charge is 0.252 e. The second-order valence-corrected chi connectivity index (χ2v) is 38.5. The van der Waals surface area contributed by atoms with Crippen molar-refractivity contribution in [3.63, 3.8) is 0 Å². The van der Waals surface area contributed by atoms with Crippen LogP contribution in [0.15, 0.2) is 376 Å². The van der Waals surface area contributed by atoms with E-state index in [4.69, 9.17) is 0 Å². The number of nitrogens with zero attached hydrogens (tertiary/aromatic N) is 5. The summed E-state index contributed by atoms with van der Waals surface area (Å²) in [6.07, 6.45) is 0. The molecule has 0 fully saturated rings. The van der Waals surface area contributed by atoms with Crippen LogP contribution >= 0.6 is 0 Å². The van der Waals surface area contributed by atoms with Gasteiger partial charge in [-0.2, -0.15) is 0 Å². The van der Waals surface area contributed by atoms with Crippen LogP contribution < -0.4 is 26.2 Å². The maximum Gasteiger partial charge on any atom is 0.252 e. The highest BCUT2D eigenvalue weighted by Gasteiger charge is 2.46. The molecule has 124 heavy (non-hydrogen) atoms. The molecule has 0 saturated heterocycles. The summed E-state index contributed by atoms with van der Waals surface area (Å²) in [6.45, 7) is 27.8. The van der Waals surface area contributed by atoms with E-state index < -0.39 is 0 Å². The Morgan fingerprint density at radius 3 is 0.887 bits per heavy atom. The lowest BCUT2D eigenvalue weighted by atomic mass is 9.33. The first-order valence-corrected chi connectivity index (χ1v) is 44.0. The minimum absolute atomic E-state index is 0.0694. The van der Waals surface area contributed by atoms with Crippen LogP contribution in [0.1, 0.15) is 105 Å². The van der Waals surface area contributed by atoms with Gasteiger partial charge in [0.2, 0.25) is 0 Å². The standard InChI is InChI=1S/C118H98BN5/c1-115(2,3)83-68-84(116(4,5)6)71-88(70-83)121-104-53-31-27-45-96(104)98-63-79(55-60-106(98)121)81-57-62-108-101(65-81)119-100-59-58-87(120-102-51-29-25-43-94(102)95-44-26-30-52-103(95)120)74-109(100)124(114-92(77-39-21-15-22-40-77)49-34-50-93(114)78-41-23-16-24-42-78)111-67-82(66-110(112(111)119)123(108)113-90(75-35-17-13-18-36-75)47-33-48-91(113)76-37-19-14-20-38-76)80-56-61-107-99(64-80)97-46-28-32-54-105(97)122(107)89-72-85(117(7,8)9)69-86(73-89)118(10,11)12/h13-74H,1-12H3. The zero-order valence-electron chi connectivity index (χ0n) is 72.6. The number of anilines is 6. The van der Waals surface area contributed by atoms with Crippen molar-refractivity contribution in [1.29, 1.82) is 0 Å². The lowest BCUT2D eigenvalue weighted by molar-refractivity contribution is 0.567. The van der Waals surface area contributed by atoms with Gasteiger partial charge in [-0.05, 0) is 208 Å². The maximum absolute atomic E-state index is 2.72. The summed E-state index contributed by atoms with van der Waals surface area (Å²) in [5.74, 6) is 0. The van der Waals surface area contributed by atoms with Crippen LogP contribution in [-0.4, -0.2) is 20.4 Å². The molecule has 0 atom stereocenters. The number of hydrogen-bond acceptors (Lipinski definition) is 2. The molecule has 0 aliphatic carbocycles. The van der Waals surface area contributed by atoms with E-state index in [-0.39, 0.29) is 28.4 Å². The van der Waals surface area contributed by atoms with Crippen molar-refractivity contribution in [3.05, 3.63) is 398 Å². The van der Waals surface area contributed by atoms with Crippen LogP contribution in [-0.2, 0) is 21.7 Å². The molecule has 20 aromatic rings. The summed E-state index contributed by atoms with van der Waals surface area (Å²) < 4.78 is 7.56. The second-order valence-electron chi connectivity index (χ2n) is 38.5. The fourth-order valence-electron chi connectivity index (χ4n) is 20.2. The molecule has 3 aromatic heterocycles. The fourth-order valence-corrected chi connectivity index (χ4v) is 20.2. The van der Waals surface area contributed by atoms with E-state index in [1.807, 2.05) is 0 Å². The molecule has 0 N–H and O–H groups in total. The first kappa shape index (κ1) is 76.0. The first-order chi connectivity index (χ1) is 60.1. The molecule has 5 heterocycles. The van der Waals surface area contributed by atoms with Gasteiger partial charge in [-0.1, -0.05) is 356 Å². The number of hydrogen-bond donors (Lipinski definition) is 0. The van der Waals surface area contributed by atoms with E-state index in [1.165, 1.54) is 98.9 Å². The van der Waals surface area contributed by atoms with Gasteiger partial charge in [-0.25, -0.2) is 0 Å². The summed E-state index contributed by atoms with van der Waals surface area (Å²) >= 11 is 0. The molecule has 0 saturated carbocycles. The van der Waals surface area contributed by atoms with Crippen molar-refractivity contribution >= 4 is 123 Å². The largest absolute Gasteiger partial charge is 0.310 e. The van der Waals surface area contributed by atoms with Crippen molar-refractivity contribution in [1.82, 2.24) is 13.7 Å². The van der Waals surface area contributed by atoms with E-state index in [1.54, 1.807) is 0 Å². The molecule has 2 aliphatic heterocycles. The van der Waals surface area contributed by atoms with Gasteiger partial charge in [0.25, 0.3) is 6.71 Å². The quantitative estimate of drug-likeness (QED) is 0.120. The predicted octanol–water partition coefficient (Wildman–Crippen LogP) is 30.3. The van der Waals surface area contributed by atoms with Crippen LogP contribution in [0.4, 0.5) is 34.1 Å². The van der Waals surface area contributed by atoms with Gasteiger partial charge >= 0.3 is 0 Å². The molecule has 2 aliphatic rings. The average molecular weight is 1600 g/mol. The molecule has 22 rings (SSSR count). The number of fused-ring (bicyclic) bond motifs is 13.